The summed E-state index contributed by atoms with van der Waals surface area (Å²) < 4.78 is 7.42. The molecule has 1 unspecified atom stereocenters. The molecule has 1 atom stereocenters. The summed E-state index contributed by atoms with van der Waals surface area (Å²) in [7, 11) is 0. The van der Waals surface area contributed by atoms with Crippen LogP contribution in [0.4, 0.5) is 0 Å². The topological polar surface area (TPSA) is 84.1 Å². The minimum absolute atomic E-state index is 0.00472. The van der Waals surface area contributed by atoms with Crippen LogP contribution in [-0.4, -0.2) is 22.5 Å². The van der Waals surface area contributed by atoms with Crippen LogP contribution < -0.4 is 5.32 Å². The number of nitriles is 1. The zero-order valence-electron chi connectivity index (χ0n) is 18.9. The van der Waals surface area contributed by atoms with Crippen molar-refractivity contribution < 1.29 is 14.3 Å². The first-order valence-electron chi connectivity index (χ1n) is 10.6. The lowest BCUT2D eigenvalue weighted by Crippen LogP contribution is -2.31. The van der Waals surface area contributed by atoms with E-state index in [4.69, 9.17) is 4.74 Å². The number of benzene rings is 1. The maximum absolute atomic E-state index is 12.9. The quantitative estimate of drug-likeness (QED) is 0.364. The SMILES string of the molecule is CCCn1c(C)cc(/C=C(/C#N)C(=O)NC(CC(=O)OC(C)C)c2ccccc2)c1C. The molecule has 0 radical (unpaired) electrons. The van der Waals surface area contributed by atoms with Crippen LogP contribution in [0.2, 0.25) is 0 Å². The number of hydrogen-bond acceptors (Lipinski definition) is 4. The molecule has 164 valence electrons. The fourth-order valence-corrected chi connectivity index (χ4v) is 3.50. The van der Waals surface area contributed by atoms with Crippen LogP contribution in [0, 0.1) is 25.2 Å². The summed E-state index contributed by atoms with van der Waals surface area (Å²) in [6.07, 6.45) is 2.35. The third kappa shape index (κ3) is 6.58. The number of ether oxygens (including phenoxy) is 1. The van der Waals surface area contributed by atoms with Crippen LogP contribution in [0.15, 0.2) is 42.0 Å². The Morgan fingerprint density at radius 3 is 2.48 bits per heavy atom. The minimum Gasteiger partial charge on any atom is -0.463 e. The van der Waals surface area contributed by atoms with Crippen molar-refractivity contribution in [2.24, 2.45) is 0 Å². The monoisotopic (exact) mass is 421 g/mol. The van der Waals surface area contributed by atoms with E-state index in [0.29, 0.717) is 0 Å². The summed E-state index contributed by atoms with van der Waals surface area (Å²) in [6, 6.07) is 12.6. The van der Waals surface area contributed by atoms with E-state index in [2.05, 4.69) is 16.8 Å². The highest BCUT2D eigenvalue weighted by molar-refractivity contribution is 6.02. The first-order chi connectivity index (χ1) is 14.8. The van der Waals surface area contributed by atoms with Gasteiger partial charge in [0.2, 0.25) is 0 Å². The van der Waals surface area contributed by atoms with Crippen molar-refractivity contribution in [1.82, 2.24) is 9.88 Å². The smallest absolute Gasteiger partial charge is 0.308 e. The molecule has 0 saturated heterocycles. The second-order valence-electron chi connectivity index (χ2n) is 7.83. The van der Waals surface area contributed by atoms with Gasteiger partial charge in [0.15, 0.2) is 0 Å². The molecule has 1 amide bonds. The molecule has 1 aromatic carbocycles. The zero-order valence-corrected chi connectivity index (χ0v) is 18.9. The van der Waals surface area contributed by atoms with Gasteiger partial charge < -0.3 is 14.6 Å². The summed E-state index contributed by atoms with van der Waals surface area (Å²) in [6.45, 7) is 10.5. The van der Waals surface area contributed by atoms with Gasteiger partial charge in [0.1, 0.15) is 11.6 Å². The Balaban J connectivity index is 2.28. The van der Waals surface area contributed by atoms with Crippen LogP contribution in [0.3, 0.4) is 0 Å². The van der Waals surface area contributed by atoms with Crippen LogP contribution in [0.25, 0.3) is 6.08 Å². The summed E-state index contributed by atoms with van der Waals surface area (Å²) >= 11 is 0. The van der Waals surface area contributed by atoms with Gasteiger partial charge in [-0.15, -0.1) is 0 Å². The molecule has 0 saturated carbocycles. The molecule has 1 N–H and O–H groups in total. The lowest BCUT2D eigenvalue weighted by atomic mass is 10.0. The summed E-state index contributed by atoms with van der Waals surface area (Å²) in [5.74, 6) is -0.927. The van der Waals surface area contributed by atoms with Gasteiger partial charge in [0.05, 0.1) is 18.6 Å². The molecule has 0 aliphatic rings. The van der Waals surface area contributed by atoms with Crippen molar-refractivity contribution in [2.75, 3.05) is 0 Å². The van der Waals surface area contributed by atoms with Crippen LogP contribution in [0.5, 0.6) is 0 Å². The minimum atomic E-state index is -0.593. The average Bonchev–Trinajstić information content (AvgIpc) is 2.99. The van der Waals surface area contributed by atoms with Crippen molar-refractivity contribution in [1.29, 1.82) is 5.26 Å². The molecule has 0 spiro atoms. The molecule has 2 aromatic rings. The van der Waals surface area contributed by atoms with Gasteiger partial charge in [-0.3, -0.25) is 9.59 Å². The number of carbonyl (C=O) groups excluding carboxylic acids is 2. The first-order valence-corrected chi connectivity index (χ1v) is 10.6. The molecule has 1 heterocycles. The van der Waals surface area contributed by atoms with E-state index in [1.807, 2.05) is 56.3 Å². The second-order valence-corrected chi connectivity index (χ2v) is 7.83. The second kappa shape index (κ2) is 11.2. The van der Waals surface area contributed by atoms with Gasteiger partial charge in [-0.05, 0) is 57.4 Å². The van der Waals surface area contributed by atoms with Crippen LogP contribution in [-0.2, 0) is 20.9 Å². The Morgan fingerprint density at radius 2 is 1.90 bits per heavy atom. The highest BCUT2D eigenvalue weighted by Crippen LogP contribution is 2.21. The molecule has 0 fully saturated rings. The van der Waals surface area contributed by atoms with Crippen LogP contribution >= 0.6 is 0 Å². The molecule has 6 nitrogen and oxygen atoms in total. The maximum atomic E-state index is 12.9. The average molecular weight is 422 g/mol. The molecule has 31 heavy (non-hydrogen) atoms. The van der Waals surface area contributed by atoms with E-state index in [1.165, 1.54) is 0 Å². The Bertz CT molecular complexity index is 981. The van der Waals surface area contributed by atoms with E-state index in [0.717, 1.165) is 35.5 Å². The largest absolute Gasteiger partial charge is 0.463 e. The molecule has 6 heteroatoms. The van der Waals surface area contributed by atoms with Crippen molar-refractivity contribution in [3.8, 4) is 6.07 Å². The van der Waals surface area contributed by atoms with Gasteiger partial charge in [0, 0.05) is 17.9 Å². The lowest BCUT2D eigenvalue weighted by Gasteiger charge is -2.19. The standard InChI is InChI=1S/C25H31N3O3/c1-6-12-28-18(4)13-21(19(28)5)14-22(16-26)25(30)27-23(15-24(29)31-17(2)3)20-10-8-7-9-11-20/h7-11,13-14,17,23H,6,12,15H2,1-5H3,(H,27,30)/b22-14-. The van der Waals surface area contributed by atoms with Crippen molar-refractivity contribution in [3.05, 3.63) is 64.5 Å². The lowest BCUT2D eigenvalue weighted by molar-refractivity contribution is -0.148. The Labute approximate surface area is 184 Å². The van der Waals surface area contributed by atoms with Gasteiger partial charge >= 0.3 is 5.97 Å². The third-order valence-corrected chi connectivity index (χ3v) is 4.97. The summed E-state index contributed by atoms with van der Waals surface area (Å²) in [4.78, 5) is 25.2. The number of esters is 1. The van der Waals surface area contributed by atoms with Gasteiger partial charge in [-0.2, -0.15) is 5.26 Å². The number of aryl methyl sites for hydroxylation is 1. The molecule has 0 aliphatic carbocycles. The van der Waals surface area contributed by atoms with Gasteiger partial charge in [-0.1, -0.05) is 37.3 Å². The summed E-state index contributed by atoms with van der Waals surface area (Å²) in [5.41, 5.74) is 3.71. The Hall–Kier alpha value is -3.33. The highest BCUT2D eigenvalue weighted by Gasteiger charge is 2.22. The van der Waals surface area contributed by atoms with Crippen LogP contribution in [0.1, 0.15) is 62.2 Å². The third-order valence-electron chi connectivity index (χ3n) is 4.97. The number of nitrogens with one attached hydrogen (secondary N) is 1. The summed E-state index contributed by atoms with van der Waals surface area (Å²) in [5, 5.41) is 12.5. The number of nitrogens with zero attached hydrogens (tertiary/aromatic N) is 2. The van der Waals surface area contributed by atoms with Crippen molar-refractivity contribution in [2.45, 2.75) is 66.2 Å². The molecular formula is C25H31N3O3. The number of amides is 1. The molecular weight excluding hydrogens is 390 g/mol. The van der Waals surface area contributed by atoms with E-state index in [1.54, 1.807) is 19.9 Å². The number of carbonyl (C=O) groups is 2. The Morgan fingerprint density at radius 1 is 1.23 bits per heavy atom. The first kappa shape index (κ1) is 23.9. The zero-order chi connectivity index (χ0) is 23.0. The predicted octanol–water partition coefficient (Wildman–Crippen LogP) is 4.62. The van der Waals surface area contributed by atoms with E-state index in [-0.39, 0.29) is 18.1 Å². The fraction of sp³-hybridized carbons (Fsp3) is 0.400. The molecule has 1 aromatic heterocycles. The van der Waals surface area contributed by atoms with Gasteiger partial charge in [-0.25, -0.2) is 0 Å². The molecule has 0 bridgehead atoms. The normalized spacial score (nSPS) is 12.4. The van der Waals surface area contributed by atoms with E-state index in [9.17, 15) is 14.9 Å². The highest BCUT2D eigenvalue weighted by atomic mass is 16.5. The molecule has 0 aliphatic heterocycles. The Kier molecular flexibility index (Phi) is 8.63. The number of aromatic nitrogens is 1. The van der Waals surface area contributed by atoms with E-state index < -0.39 is 17.9 Å². The fourth-order valence-electron chi connectivity index (χ4n) is 3.50. The van der Waals surface area contributed by atoms with E-state index >= 15 is 0 Å². The van der Waals surface area contributed by atoms with Crippen molar-refractivity contribution in [3.63, 3.8) is 0 Å². The van der Waals surface area contributed by atoms with Crippen molar-refractivity contribution >= 4 is 18.0 Å². The molecule has 2 rings (SSSR count). The predicted molar refractivity (Wildman–Crippen MR) is 121 cm³/mol. The maximum Gasteiger partial charge on any atom is 0.308 e. The number of rotatable bonds is 9. The van der Waals surface area contributed by atoms with Gasteiger partial charge in [0.25, 0.3) is 5.91 Å². The number of hydrogen-bond donors (Lipinski definition) is 1.